The van der Waals surface area contributed by atoms with Crippen LogP contribution in [0.1, 0.15) is 56.7 Å². The number of para-hydroxylation sites is 1. The van der Waals surface area contributed by atoms with E-state index in [1.54, 1.807) is 19.4 Å². The molecule has 0 aliphatic rings. The number of fused-ring (bicyclic) bond motifs is 1. The largest absolute Gasteiger partial charge is 0.496 e. The van der Waals surface area contributed by atoms with Crippen molar-refractivity contribution in [2.24, 2.45) is 5.10 Å². The zero-order valence-corrected chi connectivity index (χ0v) is 24.2. The van der Waals surface area contributed by atoms with Crippen LogP contribution in [0.4, 0.5) is 0 Å². The Hall–Kier alpha value is -3.20. The predicted octanol–water partition coefficient (Wildman–Crippen LogP) is 7.17. The van der Waals surface area contributed by atoms with Gasteiger partial charge in [-0.15, -0.1) is 0 Å². The van der Waals surface area contributed by atoms with Crippen LogP contribution in [0.5, 0.6) is 11.5 Å². The highest BCUT2D eigenvalue weighted by molar-refractivity contribution is 14.1. The molecule has 0 aliphatic carbocycles. The summed E-state index contributed by atoms with van der Waals surface area (Å²) in [6.07, 6.45) is 2.77. The van der Waals surface area contributed by atoms with E-state index in [-0.39, 0.29) is 17.6 Å². The lowest BCUT2D eigenvalue weighted by Crippen LogP contribution is -2.20. The number of nitrogens with zero attached hydrogens (tertiary/aromatic N) is 3. The summed E-state index contributed by atoms with van der Waals surface area (Å²) >= 11 is 2.27. The van der Waals surface area contributed by atoms with Crippen LogP contribution in [0.2, 0.25) is 0 Å². The molecule has 1 heterocycles. The summed E-state index contributed by atoms with van der Waals surface area (Å²) in [5.41, 5.74) is 4.12. The van der Waals surface area contributed by atoms with E-state index in [0.29, 0.717) is 16.7 Å². The van der Waals surface area contributed by atoms with Crippen LogP contribution in [-0.2, 0) is 0 Å². The van der Waals surface area contributed by atoms with Crippen LogP contribution in [0, 0.1) is 10.5 Å². The van der Waals surface area contributed by atoms with E-state index in [2.05, 4.69) is 61.5 Å². The molecule has 0 bridgehead atoms. The number of hydrogen-bond donors (Lipinski definition) is 0. The first-order valence-corrected chi connectivity index (χ1v) is 13.5. The molecule has 0 spiro atoms. The molecule has 6 nitrogen and oxygen atoms in total. The molecule has 0 fully saturated rings. The Labute approximate surface area is 231 Å². The Bertz CT molecular complexity index is 1530. The summed E-state index contributed by atoms with van der Waals surface area (Å²) in [7, 11) is 1.68. The maximum Gasteiger partial charge on any atom is 0.282 e. The van der Waals surface area contributed by atoms with Gasteiger partial charge in [0.2, 0.25) is 0 Å². The molecule has 1 atom stereocenters. The minimum absolute atomic E-state index is 0.140. The van der Waals surface area contributed by atoms with Gasteiger partial charge in [-0.2, -0.15) is 9.78 Å². The highest BCUT2D eigenvalue weighted by atomic mass is 127. The van der Waals surface area contributed by atoms with E-state index >= 15 is 0 Å². The quantitative estimate of drug-likeness (QED) is 0.157. The summed E-state index contributed by atoms with van der Waals surface area (Å²) in [6, 6.07) is 17.3. The molecule has 0 saturated carbocycles. The normalized spacial score (nSPS) is 12.4. The second kappa shape index (κ2) is 11.5. The third kappa shape index (κ3) is 5.71. The first kappa shape index (κ1) is 26.9. The van der Waals surface area contributed by atoms with Crippen LogP contribution in [0.25, 0.3) is 22.3 Å². The monoisotopic (exact) mass is 609 g/mol. The maximum atomic E-state index is 13.6. The summed E-state index contributed by atoms with van der Waals surface area (Å²) in [4.78, 5) is 18.5. The number of aryl methyl sites for hydroxylation is 1. The van der Waals surface area contributed by atoms with Crippen molar-refractivity contribution in [3.8, 4) is 22.9 Å². The fraction of sp³-hybridized carbons (Fsp3) is 0.300. The molecule has 4 rings (SSSR count). The molecular formula is C30H32IN3O3. The Morgan fingerprint density at radius 2 is 1.84 bits per heavy atom. The number of halogens is 1. The van der Waals surface area contributed by atoms with Crippen molar-refractivity contribution < 1.29 is 9.47 Å². The van der Waals surface area contributed by atoms with Gasteiger partial charge in [-0.25, -0.2) is 4.98 Å². The molecule has 0 aliphatic heterocycles. The van der Waals surface area contributed by atoms with Gasteiger partial charge in [0.25, 0.3) is 5.56 Å². The Morgan fingerprint density at radius 1 is 1.08 bits per heavy atom. The third-order valence-corrected chi connectivity index (χ3v) is 7.22. The van der Waals surface area contributed by atoms with Gasteiger partial charge in [-0.05, 0) is 108 Å². The number of benzene rings is 3. The van der Waals surface area contributed by atoms with E-state index in [4.69, 9.17) is 14.5 Å². The average molecular weight is 610 g/mol. The van der Waals surface area contributed by atoms with Crippen LogP contribution in [0.3, 0.4) is 0 Å². The van der Waals surface area contributed by atoms with Crippen LogP contribution in [-0.4, -0.2) is 29.1 Å². The van der Waals surface area contributed by atoms with Gasteiger partial charge < -0.3 is 9.47 Å². The highest BCUT2D eigenvalue weighted by Crippen LogP contribution is 2.34. The molecular weight excluding hydrogens is 577 g/mol. The van der Waals surface area contributed by atoms with Crippen molar-refractivity contribution in [2.45, 2.75) is 53.1 Å². The second-order valence-electron chi connectivity index (χ2n) is 9.40. The summed E-state index contributed by atoms with van der Waals surface area (Å²) < 4.78 is 14.0. The number of aromatic nitrogens is 2. The fourth-order valence-corrected chi connectivity index (χ4v) is 4.76. The van der Waals surface area contributed by atoms with Crippen LogP contribution >= 0.6 is 22.6 Å². The van der Waals surface area contributed by atoms with E-state index < -0.39 is 0 Å². The topological polar surface area (TPSA) is 65.7 Å². The van der Waals surface area contributed by atoms with E-state index in [1.807, 2.05) is 49.4 Å². The number of hydrogen-bond acceptors (Lipinski definition) is 5. The zero-order chi connectivity index (χ0) is 26.7. The molecule has 4 aromatic rings. The van der Waals surface area contributed by atoms with Gasteiger partial charge in [-0.3, -0.25) is 4.79 Å². The lowest BCUT2D eigenvalue weighted by Gasteiger charge is -2.17. The van der Waals surface area contributed by atoms with Crippen molar-refractivity contribution in [1.29, 1.82) is 0 Å². The van der Waals surface area contributed by atoms with E-state index in [9.17, 15) is 4.79 Å². The highest BCUT2D eigenvalue weighted by Gasteiger charge is 2.18. The van der Waals surface area contributed by atoms with Gasteiger partial charge in [0, 0.05) is 5.56 Å². The molecule has 1 aromatic heterocycles. The first-order chi connectivity index (χ1) is 17.7. The number of rotatable bonds is 8. The predicted molar refractivity (Wildman–Crippen MR) is 159 cm³/mol. The Kier molecular flexibility index (Phi) is 8.32. The Morgan fingerprint density at radius 3 is 2.51 bits per heavy atom. The second-order valence-corrected chi connectivity index (χ2v) is 10.6. The molecule has 0 unspecified atom stereocenters. The van der Waals surface area contributed by atoms with Gasteiger partial charge in [0.15, 0.2) is 5.82 Å². The SMILES string of the molecule is CC[C@H](C)Oc1ccc(C=Nn2c(-c3cc(C(C)C)c(OC)cc3C)nc3ccccc3c2=O)cc1I. The van der Waals surface area contributed by atoms with Crippen molar-refractivity contribution >= 4 is 39.7 Å². The standard InChI is InChI=1S/C30H32IN3O3/c1-7-20(5)37-27-13-12-21(15-25(27)31)17-32-34-29(33-26-11-9-8-10-22(26)30(34)35)24-16-23(18(2)3)28(36-6)14-19(24)4/h8-18,20H,7H2,1-6H3/t20-/m0/s1. The lowest BCUT2D eigenvalue weighted by atomic mass is 9.96. The summed E-state index contributed by atoms with van der Waals surface area (Å²) in [5.74, 6) is 2.39. The molecule has 0 N–H and O–H groups in total. The minimum atomic E-state index is -0.218. The average Bonchev–Trinajstić information content (AvgIpc) is 2.89. The maximum absolute atomic E-state index is 13.6. The lowest BCUT2D eigenvalue weighted by molar-refractivity contribution is 0.216. The fourth-order valence-electron chi connectivity index (χ4n) is 4.09. The Balaban J connectivity index is 1.87. The molecule has 192 valence electrons. The van der Waals surface area contributed by atoms with Gasteiger partial charge in [0.1, 0.15) is 11.5 Å². The number of ether oxygens (including phenoxy) is 2. The van der Waals surface area contributed by atoms with Crippen molar-refractivity contribution in [3.63, 3.8) is 0 Å². The first-order valence-electron chi connectivity index (χ1n) is 12.4. The molecule has 0 amide bonds. The number of methoxy groups -OCH3 is 1. The van der Waals surface area contributed by atoms with Crippen LogP contribution < -0.4 is 15.0 Å². The van der Waals surface area contributed by atoms with E-state index in [0.717, 1.165) is 43.7 Å². The minimum Gasteiger partial charge on any atom is -0.496 e. The van der Waals surface area contributed by atoms with Crippen LogP contribution in [0.15, 0.2) is 64.5 Å². The molecule has 3 aromatic carbocycles. The smallest absolute Gasteiger partial charge is 0.282 e. The van der Waals surface area contributed by atoms with E-state index in [1.165, 1.54) is 4.68 Å². The zero-order valence-electron chi connectivity index (χ0n) is 22.1. The van der Waals surface area contributed by atoms with Gasteiger partial charge >= 0.3 is 0 Å². The molecule has 37 heavy (non-hydrogen) atoms. The molecule has 7 heteroatoms. The van der Waals surface area contributed by atoms with Crippen molar-refractivity contribution in [3.05, 3.63) is 85.2 Å². The van der Waals surface area contributed by atoms with Crippen molar-refractivity contribution in [1.82, 2.24) is 9.66 Å². The van der Waals surface area contributed by atoms with Gasteiger partial charge in [-0.1, -0.05) is 32.9 Å². The summed E-state index contributed by atoms with van der Waals surface area (Å²) in [6.45, 7) is 10.4. The summed E-state index contributed by atoms with van der Waals surface area (Å²) in [5, 5.41) is 5.17. The third-order valence-electron chi connectivity index (χ3n) is 6.37. The van der Waals surface area contributed by atoms with Crippen molar-refractivity contribution in [2.75, 3.05) is 7.11 Å². The molecule has 0 radical (unpaired) electrons. The molecule has 0 saturated heterocycles. The van der Waals surface area contributed by atoms with Gasteiger partial charge in [0.05, 0.1) is 33.9 Å².